The molecule has 0 spiro atoms. The molecule has 0 amide bonds. The van der Waals surface area contributed by atoms with Crippen LogP contribution >= 0.6 is 0 Å². The fourth-order valence-electron chi connectivity index (χ4n) is 2.60. The van der Waals surface area contributed by atoms with Crippen LogP contribution in [0.3, 0.4) is 0 Å². The van der Waals surface area contributed by atoms with Gasteiger partial charge in [0.2, 0.25) is 0 Å². The van der Waals surface area contributed by atoms with Crippen LogP contribution in [-0.4, -0.2) is 35.1 Å². The van der Waals surface area contributed by atoms with E-state index >= 15 is 0 Å². The SMILES string of the molecule is OCCCCc1cc(CCCCO)cc(CCCCO)c1. The zero-order valence-electron chi connectivity index (χ0n) is 13.1. The molecular formula is C18H30O3. The van der Waals surface area contributed by atoms with E-state index in [0.29, 0.717) is 0 Å². The van der Waals surface area contributed by atoms with E-state index in [4.69, 9.17) is 15.3 Å². The van der Waals surface area contributed by atoms with Gasteiger partial charge in [-0.1, -0.05) is 18.2 Å². The molecule has 0 atom stereocenters. The maximum atomic E-state index is 8.89. The number of unbranched alkanes of at least 4 members (excludes halogenated alkanes) is 3. The van der Waals surface area contributed by atoms with Gasteiger partial charge in [0, 0.05) is 19.8 Å². The summed E-state index contributed by atoms with van der Waals surface area (Å²) in [7, 11) is 0. The number of hydrogen-bond donors (Lipinski definition) is 3. The summed E-state index contributed by atoms with van der Waals surface area (Å²) in [5.41, 5.74) is 4.05. The molecule has 0 saturated carbocycles. The third kappa shape index (κ3) is 8.20. The van der Waals surface area contributed by atoms with Crippen LogP contribution in [0.4, 0.5) is 0 Å². The second-order valence-corrected chi connectivity index (χ2v) is 5.70. The Bertz CT molecular complexity index is 307. The summed E-state index contributed by atoms with van der Waals surface area (Å²) in [5, 5.41) is 26.7. The minimum atomic E-state index is 0.263. The fraction of sp³-hybridized carbons (Fsp3) is 0.667. The number of aliphatic hydroxyl groups is 3. The van der Waals surface area contributed by atoms with Crippen LogP contribution in [0.1, 0.15) is 55.2 Å². The summed E-state index contributed by atoms with van der Waals surface area (Å²) < 4.78 is 0. The lowest BCUT2D eigenvalue weighted by Gasteiger charge is -2.10. The first-order chi connectivity index (χ1) is 10.3. The molecule has 21 heavy (non-hydrogen) atoms. The quantitative estimate of drug-likeness (QED) is 0.519. The van der Waals surface area contributed by atoms with Crippen LogP contribution in [0.25, 0.3) is 0 Å². The van der Waals surface area contributed by atoms with Crippen molar-refractivity contribution in [2.24, 2.45) is 0 Å². The molecular weight excluding hydrogens is 264 g/mol. The molecule has 0 saturated heterocycles. The third-order valence-electron chi connectivity index (χ3n) is 3.73. The highest BCUT2D eigenvalue weighted by molar-refractivity contribution is 5.30. The smallest absolute Gasteiger partial charge is 0.0431 e. The van der Waals surface area contributed by atoms with E-state index in [0.717, 1.165) is 57.8 Å². The predicted molar refractivity (Wildman–Crippen MR) is 86.5 cm³/mol. The molecule has 0 aliphatic carbocycles. The van der Waals surface area contributed by atoms with Gasteiger partial charge in [0.25, 0.3) is 0 Å². The van der Waals surface area contributed by atoms with Gasteiger partial charge in [0.1, 0.15) is 0 Å². The van der Waals surface area contributed by atoms with Crippen molar-refractivity contribution in [3.8, 4) is 0 Å². The first kappa shape index (κ1) is 18.1. The molecule has 0 unspecified atom stereocenters. The molecule has 0 fully saturated rings. The molecule has 0 aromatic heterocycles. The molecule has 1 aromatic carbocycles. The summed E-state index contributed by atoms with van der Waals surface area (Å²) in [6.07, 6.45) is 8.67. The van der Waals surface area contributed by atoms with Gasteiger partial charge in [0.05, 0.1) is 0 Å². The Morgan fingerprint density at radius 3 is 1.00 bits per heavy atom. The Kier molecular flexibility index (Phi) is 10.1. The molecule has 1 aromatic rings. The zero-order valence-corrected chi connectivity index (χ0v) is 13.1. The summed E-state index contributed by atoms with van der Waals surface area (Å²) in [6.45, 7) is 0.790. The summed E-state index contributed by atoms with van der Waals surface area (Å²) >= 11 is 0. The fourth-order valence-corrected chi connectivity index (χ4v) is 2.60. The van der Waals surface area contributed by atoms with Crippen molar-refractivity contribution in [1.29, 1.82) is 0 Å². The molecule has 0 bridgehead atoms. The van der Waals surface area contributed by atoms with Gasteiger partial charge >= 0.3 is 0 Å². The topological polar surface area (TPSA) is 60.7 Å². The van der Waals surface area contributed by atoms with E-state index in [1.54, 1.807) is 0 Å². The molecule has 3 nitrogen and oxygen atoms in total. The third-order valence-corrected chi connectivity index (χ3v) is 3.73. The largest absolute Gasteiger partial charge is 0.396 e. The van der Waals surface area contributed by atoms with Gasteiger partial charge in [-0.15, -0.1) is 0 Å². The maximum Gasteiger partial charge on any atom is 0.0431 e. The summed E-state index contributed by atoms with van der Waals surface area (Å²) in [4.78, 5) is 0. The molecule has 0 aliphatic heterocycles. The molecule has 0 aliphatic rings. The van der Waals surface area contributed by atoms with E-state index in [9.17, 15) is 0 Å². The Labute approximate surface area is 128 Å². The first-order valence-corrected chi connectivity index (χ1v) is 8.24. The number of benzene rings is 1. The Morgan fingerprint density at radius 1 is 0.476 bits per heavy atom. The van der Waals surface area contributed by atoms with Crippen LogP contribution < -0.4 is 0 Å². The van der Waals surface area contributed by atoms with Crippen LogP contribution in [0.15, 0.2) is 18.2 Å². The normalized spacial score (nSPS) is 11.0. The highest BCUT2D eigenvalue weighted by Gasteiger charge is 2.03. The van der Waals surface area contributed by atoms with Crippen molar-refractivity contribution >= 4 is 0 Å². The van der Waals surface area contributed by atoms with Crippen LogP contribution in [-0.2, 0) is 19.3 Å². The van der Waals surface area contributed by atoms with Gasteiger partial charge in [-0.3, -0.25) is 0 Å². The van der Waals surface area contributed by atoms with Gasteiger partial charge in [0.15, 0.2) is 0 Å². The number of aliphatic hydroxyl groups excluding tert-OH is 3. The zero-order chi connectivity index (χ0) is 15.3. The first-order valence-electron chi connectivity index (χ1n) is 8.24. The summed E-state index contributed by atoms with van der Waals surface area (Å²) in [5.74, 6) is 0. The van der Waals surface area contributed by atoms with E-state index in [1.807, 2.05) is 0 Å². The number of hydrogen-bond acceptors (Lipinski definition) is 3. The lowest BCUT2D eigenvalue weighted by molar-refractivity contribution is 0.284. The second-order valence-electron chi connectivity index (χ2n) is 5.70. The van der Waals surface area contributed by atoms with E-state index in [2.05, 4.69) is 18.2 Å². The maximum absolute atomic E-state index is 8.89. The van der Waals surface area contributed by atoms with E-state index in [-0.39, 0.29) is 19.8 Å². The molecule has 3 N–H and O–H groups in total. The Morgan fingerprint density at radius 2 is 0.762 bits per heavy atom. The minimum absolute atomic E-state index is 0.263. The Hall–Kier alpha value is -0.900. The van der Waals surface area contributed by atoms with E-state index in [1.165, 1.54) is 16.7 Å². The highest BCUT2D eigenvalue weighted by Crippen LogP contribution is 2.17. The second kappa shape index (κ2) is 11.7. The molecule has 1 rings (SSSR count). The molecule has 0 heterocycles. The van der Waals surface area contributed by atoms with Crippen LogP contribution in [0.2, 0.25) is 0 Å². The highest BCUT2D eigenvalue weighted by atomic mass is 16.3. The van der Waals surface area contributed by atoms with Gasteiger partial charge in [-0.05, 0) is 74.5 Å². The molecule has 3 heteroatoms. The minimum Gasteiger partial charge on any atom is -0.396 e. The Balaban J connectivity index is 2.65. The van der Waals surface area contributed by atoms with Crippen molar-refractivity contribution < 1.29 is 15.3 Å². The average Bonchev–Trinajstić information content (AvgIpc) is 2.48. The lowest BCUT2D eigenvalue weighted by atomic mass is 9.96. The molecule has 120 valence electrons. The van der Waals surface area contributed by atoms with Gasteiger partial charge < -0.3 is 15.3 Å². The van der Waals surface area contributed by atoms with Crippen molar-refractivity contribution in [3.63, 3.8) is 0 Å². The predicted octanol–water partition coefficient (Wildman–Crippen LogP) is 2.63. The van der Waals surface area contributed by atoms with E-state index < -0.39 is 0 Å². The van der Waals surface area contributed by atoms with Crippen LogP contribution in [0.5, 0.6) is 0 Å². The summed E-state index contributed by atoms with van der Waals surface area (Å²) in [6, 6.07) is 6.80. The van der Waals surface area contributed by atoms with Gasteiger partial charge in [-0.25, -0.2) is 0 Å². The van der Waals surface area contributed by atoms with Crippen molar-refractivity contribution in [2.45, 2.75) is 57.8 Å². The van der Waals surface area contributed by atoms with Crippen LogP contribution in [0, 0.1) is 0 Å². The van der Waals surface area contributed by atoms with Crippen molar-refractivity contribution in [1.82, 2.24) is 0 Å². The number of rotatable bonds is 12. The lowest BCUT2D eigenvalue weighted by Crippen LogP contribution is -1.97. The number of aryl methyl sites for hydroxylation is 3. The standard InChI is InChI=1S/C18H30O3/c19-10-4-1-7-16-13-17(8-2-5-11-20)15-18(14-16)9-3-6-12-21/h13-15,19-21H,1-12H2. The van der Waals surface area contributed by atoms with Gasteiger partial charge in [-0.2, -0.15) is 0 Å². The average molecular weight is 294 g/mol. The van der Waals surface area contributed by atoms with Crippen molar-refractivity contribution in [2.75, 3.05) is 19.8 Å². The monoisotopic (exact) mass is 294 g/mol. The van der Waals surface area contributed by atoms with Crippen molar-refractivity contribution in [3.05, 3.63) is 34.9 Å². The molecule has 0 radical (unpaired) electrons.